The van der Waals surface area contributed by atoms with Gasteiger partial charge in [-0.25, -0.2) is 27.0 Å². The summed E-state index contributed by atoms with van der Waals surface area (Å²) in [6, 6.07) is 20.4. The molecule has 5 aromatic rings. The Morgan fingerprint density at radius 1 is 0.932 bits per heavy atom. The van der Waals surface area contributed by atoms with E-state index in [-0.39, 0.29) is 21.8 Å². The van der Waals surface area contributed by atoms with Crippen LogP contribution in [-0.4, -0.2) is 52.8 Å². The number of hydrogen-bond donors (Lipinski definition) is 3. The molecular weight excluding hydrogens is 603 g/mol. The van der Waals surface area contributed by atoms with Crippen LogP contribution in [0.5, 0.6) is 5.75 Å². The van der Waals surface area contributed by atoms with E-state index in [0.717, 1.165) is 5.56 Å². The molecule has 44 heavy (non-hydrogen) atoms. The molecule has 2 heterocycles. The number of alkyl halides is 3. The molecule has 14 heteroatoms. The predicted octanol–water partition coefficient (Wildman–Crippen LogP) is 5.84. The van der Waals surface area contributed by atoms with Gasteiger partial charge < -0.3 is 20.7 Å². The van der Waals surface area contributed by atoms with Gasteiger partial charge in [0.2, 0.25) is 0 Å². The number of nitrogens with two attached hydrogens (primary N) is 1. The summed E-state index contributed by atoms with van der Waals surface area (Å²) >= 11 is 0. The average molecular weight is 628 g/mol. The highest BCUT2D eigenvalue weighted by Gasteiger charge is 2.38. The Hall–Kier alpha value is -5.37. The fourth-order valence-electron chi connectivity index (χ4n) is 4.25. The number of benzene rings is 3. The Morgan fingerprint density at radius 2 is 1.57 bits per heavy atom. The van der Waals surface area contributed by atoms with Gasteiger partial charge >= 0.3 is 18.1 Å². The second-order valence-corrected chi connectivity index (χ2v) is 11.2. The number of aryl methyl sites for hydroxylation is 1. The largest absolute Gasteiger partial charge is 0.496 e. The van der Waals surface area contributed by atoms with Crippen LogP contribution in [0.25, 0.3) is 33.3 Å². The molecule has 10 nitrogen and oxygen atoms in total. The minimum absolute atomic E-state index is 0.0259. The SMILES string of the molecule is COc1ccccc1-c1cn(S(=O)(=O)c2ccc(C)cc2)c2ncc(-c3ccc(N)c(C(=O)O)c3)cc12.O=C(O)C(F)(F)F. The number of methoxy groups -OCH3 is 1. The Labute approximate surface area is 248 Å². The van der Waals surface area contributed by atoms with Gasteiger partial charge in [0.25, 0.3) is 10.0 Å². The second-order valence-electron chi connectivity index (χ2n) is 9.36. The van der Waals surface area contributed by atoms with Crippen molar-refractivity contribution in [2.24, 2.45) is 0 Å². The van der Waals surface area contributed by atoms with Crippen molar-refractivity contribution >= 4 is 38.7 Å². The zero-order chi connectivity index (χ0) is 32.4. The number of aromatic carboxylic acids is 1. The van der Waals surface area contributed by atoms with Gasteiger partial charge in [0.1, 0.15) is 5.75 Å². The number of carboxylic acids is 2. The van der Waals surface area contributed by atoms with Crippen molar-refractivity contribution < 1.29 is 46.1 Å². The van der Waals surface area contributed by atoms with E-state index < -0.39 is 28.1 Å². The molecule has 0 unspecified atom stereocenters. The average Bonchev–Trinajstić information content (AvgIpc) is 3.37. The fraction of sp³-hybridized carbons (Fsp3) is 0.100. The number of hydrogen-bond acceptors (Lipinski definition) is 7. The van der Waals surface area contributed by atoms with Crippen molar-refractivity contribution in [1.82, 2.24) is 8.96 Å². The maximum atomic E-state index is 13.7. The van der Waals surface area contributed by atoms with Crippen LogP contribution in [0.3, 0.4) is 0 Å². The third kappa shape index (κ3) is 6.34. The molecule has 3 aromatic carbocycles. The number of fused-ring (bicyclic) bond motifs is 1. The van der Waals surface area contributed by atoms with Crippen LogP contribution >= 0.6 is 0 Å². The second kappa shape index (κ2) is 12.1. The van der Waals surface area contributed by atoms with Crippen molar-refractivity contribution in [2.75, 3.05) is 12.8 Å². The van der Waals surface area contributed by atoms with E-state index in [1.807, 2.05) is 25.1 Å². The van der Waals surface area contributed by atoms with Gasteiger partial charge in [0.15, 0.2) is 5.65 Å². The van der Waals surface area contributed by atoms with E-state index in [2.05, 4.69) is 4.98 Å². The molecule has 0 saturated heterocycles. The molecule has 0 saturated carbocycles. The van der Waals surface area contributed by atoms with E-state index in [1.165, 1.54) is 22.3 Å². The van der Waals surface area contributed by atoms with Crippen molar-refractivity contribution in [1.29, 1.82) is 0 Å². The first-order valence-corrected chi connectivity index (χ1v) is 14.0. The number of nitrogen functional groups attached to an aromatic ring is 1. The lowest BCUT2D eigenvalue weighted by Gasteiger charge is -2.09. The summed E-state index contributed by atoms with van der Waals surface area (Å²) in [6.07, 6.45) is -2.02. The summed E-state index contributed by atoms with van der Waals surface area (Å²) in [6.45, 7) is 1.89. The molecule has 4 N–H and O–H groups in total. The van der Waals surface area contributed by atoms with Gasteiger partial charge in [-0.2, -0.15) is 13.2 Å². The Morgan fingerprint density at radius 3 is 2.16 bits per heavy atom. The lowest BCUT2D eigenvalue weighted by molar-refractivity contribution is -0.192. The molecule has 228 valence electrons. The van der Waals surface area contributed by atoms with Crippen LogP contribution in [0.4, 0.5) is 18.9 Å². The number of carbonyl (C=O) groups is 2. The smallest absolute Gasteiger partial charge is 0.490 e. The number of anilines is 1. The highest BCUT2D eigenvalue weighted by atomic mass is 32.2. The highest BCUT2D eigenvalue weighted by molar-refractivity contribution is 7.90. The molecule has 0 spiro atoms. The minimum Gasteiger partial charge on any atom is -0.496 e. The Bertz CT molecular complexity index is 1990. The lowest BCUT2D eigenvalue weighted by atomic mass is 10.00. The summed E-state index contributed by atoms with van der Waals surface area (Å²) in [5.41, 5.74) is 9.61. The van der Waals surface area contributed by atoms with E-state index in [1.54, 1.807) is 55.8 Å². The van der Waals surface area contributed by atoms with Gasteiger partial charge in [0.05, 0.1) is 17.6 Å². The third-order valence-electron chi connectivity index (χ3n) is 6.45. The zero-order valence-corrected chi connectivity index (χ0v) is 23.8. The Kier molecular flexibility index (Phi) is 8.67. The number of nitrogens with zero attached hydrogens (tertiary/aromatic N) is 2. The van der Waals surface area contributed by atoms with Crippen LogP contribution in [0, 0.1) is 6.92 Å². The first-order chi connectivity index (χ1) is 20.6. The first-order valence-electron chi connectivity index (χ1n) is 12.5. The number of aliphatic carboxylic acids is 1. The van der Waals surface area contributed by atoms with Crippen molar-refractivity contribution in [3.8, 4) is 28.0 Å². The van der Waals surface area contributed by atoms with Crippen molar-refractivity contribution in [3.63, 3.8) is 0 Å². The van der Waals surface area contributed by atoms with E-state index >= 15 is 0 Å². The number of pyridine rings is 1. The Balaban J connectivity index is 0.000000566. The fourth-order valence-corrected chi connectivity index (χ4v) is 5.57. The standard InChI is InChI=1S/C28H23N3O5S.C2HF3O2/c1-17-7-10-20(11-8-17)37(34,35)31-16-24(21-5-3-4-6-26(21)36-2)22-14-19(15-30-27(22)31)18-9-12-25(29)23(13-18)28(32)33;3-2(4,5)1(6)7/h3-16H,29H2,1-2H3,(H,32,33);(H,6,7). The summed E-state index contributed by atoms with van der Waals surface area (Å²) in [5.74, 6) is -3.33. The van der Waals surface area contributed by atoms with E-state index in [4.69, 9.17) is 20.4 Å². The summed E-state index contributed by atoms with van der Waals surface area (Å²) in [4.78, 5) is 25.2. The normalized spacial score (nSPS) is 11.5. The van der Waals surface area contributed by atoms with Gasteiger partial charge in [-0.15, -0.1) is 0 Å². The van der Waals surface area contributed by atoms with Gasteiger partial charge in [-0.05, 0) is 48.9 Å². The van der Waals surface area contributed by atoms with Crippen LogP contribution in [0.1, 0.15) is 15.9 Å². The summed E-state index contributed by atoms with van der Waals surface area (Å²) < 4.78 is 65.8. The number of para-hydroxylation sites is 1. The first kappa shape index (κ1) is 31.6. The van der Waals surface area contributed by atoms with Gasteiger partial charge in [-0.3, -0.25) is 0 Å². The molecule has 0 fully saturated rings. The van der Waals surface area contributed by atoms with Crippen molar-refractivity contribution in [2.45, 2.75) is 18.0 Å². The van der Waals surface area contributed by atoms with E-state index in [9.17, 15) is 31.5 Å². The molecule has 0 aliphatic rings. The lowest BCUT2D eigenvalue weighted by Crippen LogP contribution is -2.21. The molecule has 0 aliphatic carbocycles. The zero-order valence-electron chi connectivity index (χ0n) is 23.0. The predicted molar refractivity (Wildman–Crippen MR) is 156 cm³/mol. The maximum Gasteiger partial charge on any atom is 0.490 e. The molecule has 2 aromatic heterocycles. The number of rotatable bonds is 6. The molecule has 0 radical (unpaired) electrons. The third-order valence-corrected chi connectivity index (χ3v) is 8.11. The molecule has 0 bridgehead atoms. The quantitative estimate of drug-likeness (QED) is 0.196. The summed E-state index contributed by atoms with van der Waals surface area (Å²) in [5, 5.41) is 17.2. The number of carboxylic acid groups (broad SMARTS) is 2. The van der Waals surface area contributed by atoms with Gasteiger partial charge in [0, 0.05) is 40.2 Å². The van der Waals surface area contributed by atoms with Crippen LogP contribution < -0.4 is 10.5 Å². The number of ether oxygens (including phenoxy) is 1. The molecule has 0 aliphatic heterocycles. The van der Waals surface area contributed by atoms with Crippen molar-refractivity contribution in [3.05, 3.63) is 96.3 Å². The molecule has 5 rings (SSSR count). The number of aromatic nitrogens is 2. The number of halogens is 3. The van der Waals surface area contributed by atoms with Crippen LogP contribution in [-0.2, 0) is 14.8 Å². The minimum atomic E-state index is -5.08. The summed E-state index contributed by atoms with van der Waals surface area (Å²) in [7, 11) is -2.42. The van der Waals surface area contributed by atoms with Crippen LogP contribution in [0.15, 0.2) is 90.1 Å². The molecular formula is C30H24F3N3O7S. The van der Waals surface area contributed by atoms with E-state index in [0.29, 0.717) is 33.4 Å². The monoisotopic (exact) mass is 627 g/mol. The topological polar surface area (TPSA) is 162 Å². The maximum absolute atomic E-state index is 13.7. The van der Waals surface area contributed by atoms with Crippen LogP contribution in [0.2, 0.25) is 0 Å². The van der Waals surface area contributed by atoms with Gasteiger partial charge in [-0.1, -0.05) is 42.0 Å². The molecule has 0 atom stereocenters. The highest BCUT2D eigenvalue weighted by Crippen LogP contribution is 2.38. The molecule has 0 amide bonds.